The van der Waals surface area contributed by atoms with Crippen molar-refractivity contribution in [1.82, 2.24) is 9.97 Å². The lowest BCUT2D eigenvalue weighted by molar-refractivity contribution is 0.0989. The van der Waals surface area contributed by atoms with Gasteiger partial charge in [-0.15, -0.1) is 22.7 Å². The fourth-order valence-electron chi connectivity index (χ4n) is 1.74. The van der Waals surface area contributed by atoms with Gasteiger partial charge in [0.05, 0.1) is 0 Å². The number of benzene rings is 1. The molecule has 1 amide bonds. The fraction of sp³-hybridized carbons (Fsp3) is 0.0714. The number of rotatable bonds is 3. The zero-order chi connectivity index (χ0) is 14.8. The van der Waals surface area contributed by atoms with E-state index in [9.17, 15) is 9.18 Å². The molecule has 0 aliphatic rings. The fourth-order valence-corrected chi connectivity index (χ4v) is 3.14. The molecule has 0 unspecified atom stereocenters. The smallest absolute Gasteiger partial charge is 0.279 e. The third-order valence-corrected chi connectivity index (χ3v) is 4.56. The lowest BCUT2D eigenvalue weighted by atomic mass is 10.2. The Kier molecular flexibility index (Phi) is 3.76. The molecule has 0 saturated heterocycles. The van der Waals surface area contributed by atoms with E-state index >= 15 is 0 Å². The van der Waals surface area contributed by atoms with E-state index in [1.54, 1.807) is 30.8 Å². The van der Waals surface area contributed by atoms with E-state index in [0.717, 1.165) is 5.56 Å². The molecule has 1 aromatic carbocycles. The monoisotopic (exact) mass is 319 g/mol. The van der Waals surface area contributed by atoms with Gasteiger partial charge in [-0.3, -0.25) is 9.69 Å². The zero-order valence-corrected chi connectivity index (χ0v) is 12.6. The van der Waals surface area contributed by atoms with Gasteiger partial charge in [0.15, 0.2) is 5.13 Å². The first-order chi connectivity index (χ1) is 10.1. The third kappa shape index (κ3) is 2.84. The van der Waals surface area contributed by atoms with Crippen molar-refractivity contribution in [3.63, 3.8) is 0 Å². The van der Waals surface area contributed by atoms with Crippen LogP contribution in [0.4, 0.5) is 9.52 Å². The Morgan fingerprint density at radius 3 is 2.67 bits per heavy atom. The SMILES string of the molecule is CN(C(=O)c1csc(-c2ccc(F)cc2)n1)c1nccs1. The Morgan fingerprint density at radius 1 is 1.24 bits per heavy atom. The molecule has 106 valence electrons. The van der Waals surface area contributed by atoms with Crippen molar-refractivity contribution in [3.8, 4) is 10.6 Å². The van der Waals surface area contributed by atoms with Crippen LogP contribution in [0.15, 0.2) is 41.2 Å². The van der Waals surface area contributed by atoms with E-state index in [1.165, 1.54) is 39.7 Å². The second-order valence-electron chi connectivity index (χ2n) is 4.22. The summed E-state index contributed by atoms with van der Waals surface area (Å²) in [6.07, 6.45) is 1.65. The molecule has 2 heterocycles. The zero-order valence-electron chi connectivity index (χ0n) is 11.0. The van der Waals surface area contributed by atoms with E-state index in [1.807, 2.05) is 5.38 Å². The Labute approximate surface area is 128 Å². The highest BCUT2D eigenvalue weighted by atomic mass is 32.1. The van der Waals surface area contributed by atoms with Gasteiger partial charge in [-0.25, -0.2) is 14.4 Å². The van der Waals surface area contributed by atoms with Gasteiger partial charge >= 0.3 is 0 Å². The number of halogens is 1. The Morgan fingerprint density at radius 2 is 2.00 bits per heavy atom. The van der Waals surface area contributed by atoms with Crippen molar-refractivity contribution in [1.29, 1.82) is 0 Å². The minimum Gasteiger partial charge on any atom is -0.286 e. The maximum Gasteiger partial charge on any atom is 0.279 e. The van der Waals surface area contributed by atoms with Crippen LogP contribution < -0.4 is 4.90 Å². The summed E-state index contributed by atoms with van der Waals surface area (Å²) in [7, 11) is 1.66. The minimum atomic E-state index is -0.296. The molecule has 0 radical (unpaired) electrons. The highest BCUT2D eigenvalue weighted by molar-refractivity contribution is 7.14. The van der Waals surface area contributed by atoms with Crippen LogP contribution in [0.25, 0.3) is 10.6 Å². The molecule has 0 bridgehead atoms. The maximum atomic E-state index is 12.9. The average Bonchev–Trinajstić information content (AvgIpc) is 3.18. The molecule has 0 fully saturated rings. The minimum absolute atomic E-state index is 0.213. The van der Waals surface area contributed by atoms with Crippen LogP contribution in [-0.4, -0.2) is 22.9 Å². The summed E-state index contributed by atoms with van der Waals surface area (Å²) in [5.74, 6) is -0.510. The van der Waals surface area contributed by atoms with Crippen LogP contribution >= 0.6 is 22.7 Å². The van der Waals surface area contributed by atoms with Crippen molar-refractivity contribution < 1.29 is 9.18 Å². The number of amides is 1. The third-order valence-electron chi connectivity index (χ3n) is 2.83. The second kappa shape index (κ2) is 5.71. The molecular formula is C14H10FN3OS2. The van der Waals surface area contributed by atoms with Crippen LogP contribution in [0.2, 0.25) is 0 Å². The van der Waals surface area contributed by atoms with Gasteiger partial charge in [-0.05, 0) is 24.3 Å². The van der Waals surface area contributed by atoms with Crippen LogP contribution in [0.3, 0.4) is 0 Å². The van der Waals surface area contributed by atoms with Crippen LogP contribution in [0, 0.1) is 5.82 Å². The molecule has 0 atom stereocenters. The molecule has 3 aromatic rings. The predicted molar refractivity (Wildman–Crippen MR) is 82.4 cm³/mol. The van der Waals surface area contributed by atoms with Gasteiger partial charge in [0.25, 0.3) is 5.91 Å². The van der Waals surface area contributed by atoms with Gasteiger partial charge in [0, 0.05) is 29.6 Å². The predicted octanol–water partition coefficient (Wildman–Crippen LogP) is 3.68. The summed E-state index contributed by atoms with van der Waals surface area (Å²) in [6.45, 7) is 0. The molecule has 2 aromatic heterocycles. The van der Waals surface area contributed by atoms with E-state index in [2.05, 4.69) is 9.97 Å². The highest BCUT2D eigenvalue weighted by Crippen LogP contribution is 2.25. The van der Waals surface area contributed by atoms with Crippen molar-refractivity contribution in [2.45, 2.75) is 0 Å². The average molecular weight is 319 g/mol. The van der Waals surface area contributed by atoms with Crippen molar-refractivity contribution in [2.24, 2.45) is 0 Å². The quantitative estimate of drug-likeness (QED) is 0.740. The van der Waals surface area contributed by atoms with Crippen molar-refractivity contribution in [3.05, 3.63) is 52.7 Å². The van der Waals surface area contributed by atoms with Gasteiger partial charge in [0.1, 0.15) is 16.5 Å². The second-order valence-corrected chi connectivity index (χ2v) is 5.95. The molecule has 4 nitrogen and oxygen atoms in total. The molecule has 21 heavy (non-hydrogen) atoms. The number of hydrogen-bond donors (Lipinski definition) is 0. The van der Waals surface area contributed by atoms with Crippen LogP contribution in [-0.2, 0) is 0 Å². The van der Waals surface area contributed by atoms with E-state index in [-0.39, 0.29) is 11.7 Å². The molecule has 3 rings (SSSR count). The van der Waals surface area contributed by atoms with Crippen molar-refractivity contribution in [2.75, 3.05) is 11.9 Å². The standard InChI is InChI=1S/C14H10FN3OS2/c1-18(14-16-6-7-20-14)13(19)11-8-21-12(17-11)9-2-4-10(15)5-3-9/h2-8H,1H3. The molecule has 0 aliphatic heterocycles. The summed E-state index contributed by atoms with van der Waals surface area (Å²) in [5, 5.41) is 4.82. The topological polar surface area (TPSA) is 46.1 Å². The summed E-state index contributed by atoms with van der Waals surface area (Å²) in [5.41, 5.74) is 1.15. The number of hydrogen-bond acceptors (Lipinski definition) is 5. The first-order valence-electron chi connectivity index (χ1n) is 6.04. The number of carbonyl (C=O) groups is 1. The Bertz CT molecular complexity index is 753. The number of aromatic nitrogens is 2. The maximum absolute atomic E-state index is 12.9. The summed E-state index contributed by atoms with van der Waals surface area (Å²) < 4.78 is 12.9. The molecule has 0 aliphatic carbocycles. The van der Waals surface area contributed by atoms with Gasteiger partial charge in [-0.2, -0.15) is 0 Å². The molecular weight excluding hydrogens is 309 g/mol. The highest BCUT2D eigenvalue weighted by Gasteiger charge is 2.18. The van der Waals surface area contributed by atoms with Gasteiger partial charge < -0.3 is 0 Å². The van der Waals surface area contributed by atoms with Crippen LogP contribution in [0.1, 0.15) is 10.5 Å². The molecule has 7 heteroatoms. The Hall–Kier alpha value is -2.12. The van der Waals surface area contributed by atoms with Crippen molar-refractivity contribution >= 4 is 33.7 Å². The number of thiazole rings is 2. The van der Waals surface area contributed by atoms with E-state index in [0.29, 0.717) is 15.8 Å². The number of carbonyl (C=O) groups excluding carboxylic acids is 1. The lowest BCUT2D eigenvalue weighted by Crippen LogP contribution is -2.26. The normalized spacial score (nSPS) is 10.6. The summed E-state index contributed by atoms with van der Waals surface area (Å²) >= 11 is 2.74. The van der Waals surface area contributed by atoms with Gasteiger partial charge in [0.2, 0.25) is 0 Å². The first kappa shape index (κ1) is 13.8. The number of anilines is 1. The largest absolute Gasteiger partial charge is 0.286 e. The Balaban J connectivity index is 1.84. The number of nitrogens with zero attached hydrogens (tertiary/aromatic N) is 3. The summed E-state index contributed by atoms with van der Waals surface area (Å²) in [6, 6.07) is 6.04. The first-order valence-corrected chi connectivity index (χ1v) is 7.80. The molecule has 0 spiro atoms. The molecule has 0 N–H and O–H groups in total. The summed E-state index contributed by atoms with van der Waals surface area (Å²) in [4.78, 5) is 22.2. The van der Waals surface area contributed by atoms with Crippen LogP contribution in [0.5, 0.6) is 0 Å². The van der Waals surface area contributed by atoms with E-state index in [4.69, 9.17) is 0 Å². The van der Waals surface area contributed by atoms with Gasteiger partial charge in [-0.1, -0.05) is 0 Å². The van der Waals surface area contributed by atoms with E-state index < -0.39 is 0 Å². The lowest BCUT2D eigenvalue weighted by Gasteiger charge is -2.11. The molecule has 0 saturated carbocycles.